The molecule has 0 aromatic rings. The van der Waals surface area contributed by atoms with Crippen LogP contribution < -0.4 is 0 Å². The van der Waals surface area contributed by atoms with Crippen LogP contribution >= 0.6 is 15.6 Å². The molecule has 1 aliphatic carbocycles. The lowest BCUT2D eigenvalue weighted by atomic mass is 9.87. The smallest absolute Gasteiger partial charge is 0.462 e. The molecule has 0 saturated carbocycles. The first-order valence-corrected chi connectivity index (χ1v) is 28.3. The van der Waals surface area contributed by atoms with E-state index in [1.807, 2.05) is 6.92 Å². The number of aliphatic hydroxyl groups excluding tert-OH is 5. The summed E-state index contributed by atoms with van der Waals surface area (Å²) in [5.41, 5.74) is 0. The molecular weight excluding hydrogens is 938 g/mol. The Labute approximate surface area is 409 Å². The van der Waals surface area contributed by atoms with Crippen LogP contribution in [0.2, 0.25) is 0 Å². The molecule has 398 valence electrons. The van der Waals surface area contributed by atoms with Gasteiger partial charge in [-0.25, -0.2) is 9.13 Å². The molecule has 0 spiro atoms. The number of ketones is 1. The highest BCUT2D eigenvalue weighted by atomic mass is 31.2. The zero-order valence-electron chi connectivity index (χ0n) is 40.8. The lowest BCUT2D eigenvalue weighted by Crippen LogP contribution is -2.56. The van der Waals surface area contributed by atoms with Crippen molar-refractivity contribution in [2.24, 2.45) is 11.8 Å². The van der Waals surface area contributed by atoms with Crippen LogP contribution in [0.5, 0.6) is 0 Å². The van der Waals surface area contributed by atoms with Crippen LogP contribution in [0, 0.1) is 11.8 Å². The minimum Gasteiger partial charge on any atom is -0.462 e. The first kappa shape index (κ1) is 62.7. The van der Waals surface area contributed by atoms with Gasteiger partial charge in [-0.05, 0) is 63.9 Å². The molecule has 0 radical (unpaired) electrons. The van der Waals surface area contributed by atoms with E-state index in [0.717, 1.165) is 76.4 Å². The number of aliphatic hydroxyl groups is 5. The number of fused-ring (bicyclic) bond motifs is 4. The molecule has 0 saturated heterocycles. The molecule has 0 aromatic carbocycles. The number of allylic oxidation sites excluding steroid dienone is 5. The van der Waals surface area contributed by atoms with Crippen LogP contribution in [-0.4, -0.2) is 120 Å². The highest BCUT2D eigenvalue weighted by molar-refractivity contribution is 7.47. The van der Waals surface area contributed by atoms with Gasteiger partial charge in [0.2, 0.25) is 0 Å². The van der Waals surface area contributed by atoms with E-state index in [1.165, 1.54) is 50.7 Å². The first-order valence-electron chi connectivity index (χ1n) is 25.2. The summed E-state index contributed by atoms with van der Waals surface area (Å²) in [5.74, 6) is -5.28. The van der Waals surface area contributed by atoms with E-state index in [1.54, 1.807) is 12.2 Å². The number of phosphoric ester groups is 2. The van der Waals surface area contributed by atoms with E-state index in [-0.39, 0.29) is 32.1 Å². The van der Waals surface area contributed by atoms with Crippen LogP contribution in [0.25, 0.3) is 0 Å². The van der Waals surface area contributed by atoms with E-state index in [0.29, 0.717) is 19.3 Å². The van der Waals surface area contributed by atoms with Gasteiger partial charge >= 0.3 is 27.6 Å². The Hall–Kier alpha value is -2.41. The fourth-order valence-electron chi connectivity index (χ4n) is 8.04. The van der Waals surface area contributed by atoms with Crippen LogP contribution in [0.15, 0.2) is 48.6 Å². The van der Waals surface area contributed by atoms with Crippen molar-refractivity contribution in [3.8, 4) is 0 Å². The van der Waals surface area contributed by atoms with Gasteiger partial charge in [0.05, 0.1) is 30.8 Å². The number of rotatable bonds is 27. The van der Waals surface area contributed by atoms with Gasteiger partial charge in [-0.15, -0.1) is 0 Å². The third-order valence-corrected chi connectivity index (χ3v) is 13.6. The molecular formula is C49H84O18P2. The lowest BCUT2D eigenvalue weighted by molar-refractivity contribution is -0.163. The minimum atomic E-state index is -5.75. The number of carbonyl (C=O) groups is 3. The van der Waals surface area contributed by atoms with Crippen molar-refractivity contribution in [3.63, 3.8) is 0 Å². The van der Waals surface area contributed by atoms with E-state index in [9.17, 15) is 63.7 Å². The Balaban J connectivity index is 2.20. The topological polar surface area (TPSA) is 293 Å². The summed E-state index contributed by atoms with van der Waals surface area (Å²) in [5, 5.41) is 56.5. The predicted molar refractivity (Wildman–Crippen MR) is 259 cm³/mol. The Bertz CT molecular complexity index is 1660. The maximum atomic E-state index is 13.8. The van der Waals surface area contributed by atoms with E-state index >= 15 is 0 Å². The van der Waals surface area contributed by atoms with Crippen molar-refractivity contribution in [1.29, 1.82) is 0 Å². The fourth-order valence-corrected chi connectivity index (χ4v) is 9.57. The summed E-state index contributed by atoms with van der Waals surface area (Å²) in [4.78, 5) is 70.4. The molecule has 0 fully saturated rings. The van der Waals surface area contributed by atoms with Crippen molar-refractivity contribution in [3.05, 3.63) is 48.6 Å². The molecule has 20 heteroatoms. The van der Waals surface area contributed by atoms with Gasteiger partial charge in [0.15, 0.2) is 11.9 Å². The van der Waals surface area contributed by atoms with Crippen LogP contribution in [0.4, 0.5) is 0 Å². The molecule has 1 aliphatic heterocycles. The van der Waals surface area contributed by atoms with Gasteiger partial charge in [0, 0.05) is 18.8 Å². The first-order chi connectivity index (χ1) is 32.9. The van der Waals surface area contributed by atoms with Crippen molar-refractivity contribution in [1.82, 2.24) is 0 Å². The second kappa shape index (κ2) is 35.7. The molecule has 2 rings (SSSR count). The molecule has 18 nitrogen and oxygen atoms in total. The number of esters is 2. The van der Waals surface area contributed by atoms with Crippen molar-refractivity contribution in [2.75, 3.05) is 13.2 Å². The second-order valence-corrected chi connectivity index (χ2v) is 20.8. The van der Waals surface area contributed by atoms with E-state index in [2.05, 4.69) is 19.1 Å². The summed E-state index contributed by atoms with van der Waals surface area (Å²) in [7, 11) is -11.4. The molecule has 2 bridgehead atoms. The van der Waals surface area contributed by atoms with Crippen molar-refractivity contribution in [2.45, 2.75) is 217 Å². The number of hydrogen-bond acceptors (Lipinski definition) is 15. The van der Waals surface area contributed by atoms with Gasteiger partial charge in [0.25, 0.3) is 0 Å². The summed E-state index contributed by atoms with van der Waals surface area (Å²) in [6.07, 6.45) is 14.6. The molecule has 1 heterocycles. The number of carbonyl (C=O) groups excluding carboxylic acids is 3. The number of cyclic esters (lactones) is 1. The third kappa shape index (κ3) is 27.8. The van der Waals surface area contributed by atoms with Crippen molar-refractivity contribution >= 4 is 33.4 Å². The molecule has 69 heavy (non-hydrogen) atoms. The molecule has 0 aromatic heterocycles. The Morgan fingerprint density at radius 3 is 2.09 bits per heavy atom. The molecule has 1 unspecified atom stereocenters. The Morgan fingerprint density at radius 1 is 0.841 bits per heavy atom. The number of ether oxygens (including phenoxy) is 2. The van der Waals surface area contributed by atoms with Gasteiger partial charge < -0.3 is 49.7 Å². The standard InChI is InChI=1S/C49H84O18P2/c1-3-5-7-8-9-10-11-12-13-14-15-16-17-18-19-20-25-29-42(52)63-35-39-36-64-69(61,62)67-49-47(57)46(56)44(54)37(27-24-21-22-26-30-43(53)65-39)31-34-41(51)40(33-32-38(50)28-23-6-4-2)45(55)48(49)66-68(58,59)60/h12-13,21,24,31-34,37-40,44-50,54-57H,3-11,14-20,22-23,25-30,35-36H2,1-2H3,(H,61,62)(H2,58,59,60)/b13-12-,24-21-,33-32+,34-31-/t37-,38-,39+,40-,44+,45+,46-,47+,48+,49-/m0/s1. The minimum absolute atomic E-state index is 0.0583. The summed E-state index contributed by atoms with van der Waals surface area (Å²) in [6.45, 7) is 2.61. The third-order valence-electron chi connectivity index (χ3n) is 12.1. The fraction of sp³-hybridized carbons (Fsp3) is 0.776. The maximum absolute atomic E-state index is 13.8. The number of phosphoric acid groups is 2. The predicted octanol–water partition coefficient (Wildman–Crippen LogP) is 7.68. The van der Waals surface area contributed by atoms with Gasteiger partial charge in [-0.1, -0.05) is 140 Å². The average Bonchev–Trinajstić information content (AvgIpc) is 3.30. The zero-order valence-corrected chi connectivity index (χ0v) is 42.6. The average molecular weight is 1020 g/mol. The van der Waals surface area contributed by atoms with Gasteiger partial charge in [-0.3, -0.25) is 28.0 Å². The normalized spacial score (nSPS) is 29.6. The van der Waals surface area contributed by atoms with Gasteiger partial charge in [0.1, 0.15) is 31.0 Å². The summed E-state index contributed by atoms with van der Waals surface area (Å²) >= 11 is 0. The highest BCUT2D eigenvalue weighted by Crippen LogP contribution is 2.49. The molecule has 8 N–H and O–H groups in total. The quantitative estimate of drug-likeness (QED) is 0.0169. The maximum Gasteiger partial charge on any atom is 0.472 e. The van der Waals surface area contributed by atoms with Crippen LogP contribution in [0.3, 0.4) is 0 Å². The second-order valence-electron chi connectivity index (χ2n) is 18.2. The molecule has 11 atom stereocenters. The SMILES string of the molecule is CCCCCCCC/C=C\CCCCCCCCCC(=O)OC[C@@H]1COP(=O)(O)O[C@H]2[C@H](O)[C@@H](O)[C@H](O)[C@H](/C=C\C(=O)[C@H](/C=C/[C@@H](O)CCCCC)[C@@H](O)[C@H]2OP(=O)(O)O)C/C=C\CCCC(=O)O1. The Kier molecular flexibility index (Phi) is 32.4. The van der Waals surface area contributed by atoms with Crippen LogP contribution in [-0.2, 0) is 46.6 Å². The van der Waals surface area contributed by atoms with Gasteiger partial charge in [-0.2, -0.15) is 0 Å². The Morgan fingerprint density at radius 2 is 1.45 bits per heavy atom. The summed E-state index contributed by atoms with van der Waals surface area (Å²) < 4.78 is 52.1. The monoisotopic (exact) mass is 1020 g/mol. The zero-order chi connectivity index (χ0) is 51.1. The van der Waals surface area contributed by atoms with Crippen LogP contribution in [0.1, 0.15) is 168 Å². The molecule has 2 aliphatic rings. The van der Waals surface area contributed by atoms with E-state index in [4.69, 9.17) is 23.0 Å². The largest absolute Gasteiger partial charge is 0.472 e. The lowest BCUT2D eigenvalue weighted by Gasteiger charge is -2.38. The van der Waals surface area contributed by atoms with Crippen molar-refractivity contribution < 1.29 is 86.8 Å². The number of unbranched alkanes of at least 4 members (excludes halogenated alkanes) is 15. The number of hydrogen-bond donors (Lipinski definition) is 8. The summed E-state index contributed by atoms with van der Waals surface area (Å²) in [6, 6.07) is 0. The van der Waals surface area contributed by atoms with E-state index < -0.39 is 107 Å². The highest BCUT2D eigenvalue weighted by Gasteiger charge is 2.50. The molecule has 0 amide bonds.